The summed E-state index contributed by atoms with van der Waals surface area (Å²) in [5.74, 6) is 1.22. The highest BCUT2D eigenvalue weighted by Gasteiger charge is 2.18. The van der Waals surface area contributed by atoms with Crippen molar-refractivity contribution >= 4 is 11.6 Å². The van der Waals surface area contributed by atoms with Gasteiger partial charge in [-0.2, -0.15) is 5.10 Å². The molecule has 0 spiro atoms. The molecule has 0 unspecified atom stereocenters. The van der Waals surface area contributed by atoms with Crippen LogP contribution in [0.5, 0.6) is 17.2 Å². The van der Waals surface area contributed by atoms with E-state index in [2.05, 4.69) is 10.4 Å². The Kier molecular flexibility index (Phi) is 6.06. The Morgan fingerprint density at radius 1 is 1.08 bits per heavy atom. The predicted molar refractivity (Wildman–Crippen MR) is 91.1 cm³/mol. The third kappa shape index (κ3) is 4.18. The van der Waals surface area contributed by atoms with Crippen LogP contribution in [0.1, 0.15) is 31.1 Å². The van der Waals surface area contributed by atoms with Gasteiger partial charge in [0.15, 0.2) is 11.5 Å². The van der Waals surface area contributed by atoms with Gasteiger partial charge in [0, 0.05) is 18.8 Å². The summed E-state index contributed by atoms with van der Waals surface area (Å²) < 4.78 is 18.5. The van der Waals surface area contributed by atoms with Gasteiger partial charge in [0.1, 0.15) is 0 Å². The maximum Gasteiger partial charge on any atom is 0.256 e. The van der Waals surface area contributed by atoms with Crippen LogP contribution in [-0.4, -0.2) is 35.5 Å². The van der Waals surface area contributed by atoms with Gasteiger partial charge in [-0.15, -0.1) is 0 Å². The highest BCUT2D eigenvalue weighted by atomic mass is 16.5. The first-order valence-electron chi connectivity index (χ1n) is 7.95. The molecule has 1 aromatic carbocycles. The van der Waals surface area contributed by atoms with Crippen molar-refractivity contribution in [2.75, 3.05) is 25.1 Å². The lowest BCUT2D eigenvalue weighted by atomic mass is 10.1. The van der Waals surface area contributed by atoms with Crippen LogP contribution in [0.15, 0.2) is 24.5 Å². The van der Waals surface area contributed by atoms with Gasteiger partial charge >= 0.3 is 0 Å². The van der Waals surface area contributed by atoms with E-state index in [0.717, 1.165) is 0 Å². The van der Waals surface area contributed by atoms with Crippen molar-refractivity contribution in [3.8, 4) is 17.2 Å². The van der Waals surface area contributed by atoms with E-state index in [1.807, 2.05) is 20.8 Å². The van der Waals surface area contributed by atoms with E-state index in [-0.39, 0.29) is 5.91 Å². The van der Waals surface area contributed by atoms with Gasteiger partial charge in [-0.05, 0) is 32.9 Å². The van der Waals surface area contributed by atoms with Crippen LogP contribution >= 0.6 is 0 Å². The van der Waals surface area contributed by atoms with Crippen LogP contribution in [0.25, 0.3) is 0 Å². The Labute approximate surface area is 141 Å². The molecule has 0 saturated carbocycles. The minimum Gasteiger partial charge on any atom is -0.490 e. The van der Waals surface area contributed by atoms with E-state index in [9.17, 15) is 4.79 Å². The molecule has 2 rings (SSSR count). The molecule has 0 saturated heterocycles. The standard InChI is InChI=1S/C17H23N3O4/c1-5-22-14-8-12(9-15(23-6-2)16(14)24-7-3)17(21)19-13-10-18-20(4)11-13/h8-11H,5-7H2,1-4H3,(H,19,21). The van der Waals surface area contributed by atoms with E-state index in [1.165, 1.54) is 0 Å². The number of benzene rings is 1. The smallest absolute Gasteiger partial charge is 0.256 e. The molecule has 0 aliphatic carbocycles. The van der Waals surface area contributed by atoms with Gasteiger partial charge in [-0.3, -0.25) is 9.48 Å². The Hall–Kier alpha value is -2.70. The minimum absolute atomic E-state index is 0.270. The van der Waals surface area contributed by atoms with Gasteiger partial charge in [-0.1, -0.05) is 0 Å². The topological polar surface area (TPSA) is 74.6 Å². The molecule has 0 radical (unpaired) electrons. The number of aryl methyl sites for hydroxylation is 1. The van der Waals surface area contributed by atoms with Crippen molar-refractivity contribution in [3.05, 3.63) is 30.1 Å². The summed E-state index contributed by atoms with van der Waals surface area (Å²) in [6, 6.07) is 3.31. The van der Waals surface area contributed by atoms with E-state index in [0.29, 0.717) is 48.3 Å². The quantitative estimate of drug-likeness (QED) is 0.804. The van der Waals surface area contributed by atoms with Crippen molar-refractivity contribution in [1.82, 2.24) is 9.78 Å². The summed E-state index contributed by atoms with van der Waals surface area (Å²) in [6.45, 7) is 7.02. The summed E-state index contributed by atoms with van der Waals surface area (Å²) in [4.78, 5) is 12.5. The summed E-state index contributed by atoms with van der Waals surface area (Å²) in [7, 11) is 1.78. The SMILES string of the molecule is CCOc1cc(C(=O)Nc2cnn(C)c2)cc(OCC)c1OCC. The molecule has 0 aliphatic rings. The fraction of sp³-hybridized carbons (Fsp3) is 0.412. The molecule has 0 bridgehead atoms. The first kappa shape index (κ1) is 17.7. The maximum absolute atomic E-state index is 12.5. The number of anilines is 1. The Balaban J connectivity index is 2.35. The maximum atomic E-state index is 12.5. The summed E-state index contributed by atoms with van der Waals surface area (Å²) in [6.07, 6.45) is 3.30. The molecule has 1 N–H and O–H groups in total. The molecule has 2 aromatic rings. The molecule has 1 aromatic heterocycles. The van der Waals surface area contributed by atoms with Gasteiger partial charge in [-0.25, -0.2) is 0 Å². The molecule has 0 atom stereocenters. The lowest BCUT2D eigenvalue weighted by molar-refractivity contribution is 0.102. The average Bonchev–Trinajstić information content (AvgIpc) is 2.95. The number of hydrogen-bond acceptors (Lipinski definition) is 5. The van der Waals surface area contributed by atoms with Crippen molar-refractivity contribution in [2.24, 2.45) is 7.05 Å². The first-order valence-corrected chi connectivity index (χ1v) is 7.95. The summed E-state index contributed by atoms with van der Waals surface area (Å²) in [5.41, 5.74) is 1.04. The van der Waals surface area contributed by atoms with Crippen LogP contribution in [0.3, 0.4) is 0 Å². The van der Waals surface area contributed by atoms with Gasteiger partial charge in [0.25, 0.3) is 5.91 Å². The van der Waals surface area contributed by atoms with Crippen LogP contribution in [-0.2, 0) is 7.05 Å². The molecule has 0 aliphatic heterocycles. The molecule has 0 fully saturated rings. The highest BCUT2D eigenvalue weighted by Crippen LogP contribution is 2.39. The normalized spacial score (nSPS) is 10.3. The Morgan fingerprint density at radius 2 is 1.67 bits per heavy atom. The second-order valence-electron chi connectivity index (χ2n) is 4.96. The predicted octanol–water partition coefficient (Wildman–Crippen LogP) is 2.87. The number of aromatic nitrogens is 2. The van der Waals surface area contributed by atoms with Crippen LogP contribution in [0, 0.1) is 0 Å². The second kappa shape index (κ2) is 8.24. The largest absolute Gasteiger partial charge is 0.490 e. The fourth-order valence-electron chi connectivity index (χ4n) is 2.21. The number of hydrogen-bond donors (Lipinski definition) is 1. The van der Waals surface area contributed by atoms with Crippen molar-refractivity contribution in [2.45, 2.75) is 20.8 Å². The van der Waals surface area contributed by atoms with E-state index in [1.54, 1.807) is 36.3 Å². The van der Waals surface area contributed by atoms with Gasteiger partial charge in [0.05, 0.1) is 31.7 Å². The number of amides is 1. The zero-order valence-electron chi connectivity index (χ0n) is 14.5. The van der Waals surface area contributed by atoms with Crippen molar-refractivity contribution in [1.29, 1.82) is 0 Å². The van der Waals surface area contributed by atoms with Gasteiger partial charge in [0.2, 0.25) is 5.75 Å². The van der Waals surface area contributed by atoms with E-state index < -0.39 is 0 Å². The van der Waals surface area contributed by atoms with Crippen molar-refractivity contribution in [3.63, 3.8) is 0 Å². The molecule has 24 heavy (non-hydrogen) atoms. The minimum atomic E-state index is -0.270. The number of nitrogens with one attached hydrogen (secondary N) is 1. The molecule has 1 amide bonds. The average molecular weight is 333 g/mol. The van der Waals surface area contributed by atoms with Crippen LogP contribution in [0.2, 0.25) is 0 Å². The van der Waals surface area contributed by atoms with Crippen molar-refractivity contribution < 1.29 is 19.0 Å². The number of ether oxygens (including phenoxy) is 3. The summed E-state index contributed by atoms with van der Waals surface area (Å²) >= 11 is 0. The molecular weight excluding hydrogens is 310 g/mol. The van der Waals surface area contributed by atoms with Crippen LogP contribution < -0.4 is 19.5 Å². The number of carbonyl (C=O) groups is 1. The lowest BCUT2D eigenvalue weighted by Crippen LogP contribution is -2.13. The lowest BCUT2D eigenvalue weighted by Gasteiger charge is -2.17. The Morgan fingerprint density at radius 3 is 2.12 bits per heavy atom. The second-order valence-corrected chi connectivity index (χ2v) is 4.96. The number of carbonyl (C=O) groups excluding carboxylic acids is 1. The third-order valence-corrected chi connectivity index (χ3v) is 3.13. The van der Waals surface area contributed by atoms with E-state index >= 15 is 0 Å². The molecule has 1 heterocycles. The summed E-state index contributed by atoms with van der Waals surface area (Å²) in [5, 5.41) is 6.82. The third-order valence-electron chi connectivity index (χ3n) is 3.13. The first-order chi connectivity index (χ1) is 11.6. The fourth-order valence-corrected chi connectivity index (χ4v) is 2.21. The van der Waals surface area contributed by atoms with E-state index in [4.69, 9.17) is 14.2 Å². The van der Waals surface area contributed by atoms with Gasteiger partial charge < -0.3 is 19.5 Å². The Bertz CT molecular complexity index is 670. The monoisotopic (exact) mass is 333 g/mol. The molecule has 7 nitrogen and oxygen atoms in total. The zero-order chi connectivity index (χ0) is 17.5. The highest BCUT2D eigenvalue weighted by molar-refractivity contribution is 6.05. The molecule has 130 valence electrons. The zero-order valence-corrected chi connectivity index (χ0v) is 14.5. The molecule has 7 heteroatoms. The van der Waals surface area contributed by atoms with Crippen LogP contribution in [0.4, 0.5) is 5.69 Å². The molecular formula is C17H23N3O4. The number of rotatable bonds is 8. The number of nitrogens with zero attached hydrogens (tertiary/aromatic N) is 2.